The Morgan fingerprint density at radius 1 is 0.900 bits per heavy atom. The lowest BCUT2D eigenvalue weighted by atomic mass is 9.87. The Balaban J connectivity index is 2.28. The smallest absolute Gasteiger partial charge is 0.432 e. The number of hydrogen-bond donors (Lipinski definition) is 0. The quantitative estimate of drug-likeness (QED) is 0.481. The molecule has 0 saturated carbocycles. The van der Waals surface area contributed by atoms with Crippen LogP contribution in [0.15, 0.2) is 54.9 Å². The molecule has 2 nitrogen and oxygen atoms in total. The Labute approximate surface area is 111 Å². The summed E-state index contributed by atoms with van der Waals surface area (Å²) >= 11 is 0. The highest BCUT2D eigenvalue weighted by Gasteiger charge is 2.60. The first-order valence-corrected chi connectivity index (χ1v) is 5.63. The standard InChI is InChI=1S/C12H9BF5NO/c14-12(15,16)13(17,18)20-19-8-4-7-11(9-19)10-5-2-1-3-6-10/h1-9H. The Morgan fingerprint density at radius 2 is 1.50 bits per heavy atom. The third-order valence-electron chi connectivity index (χ3n) is 2.52. The summed E-state index contributed by atoms with van der Waals surface area (Å²) in [6.45, 7) is -5.95. The van der Waals surface area contributed by atoms with Crippen molar-refractivity contribution < 1.29 is 31.3 Å². The highest BCUT2D eigenvalue weighted by molar-refractivity contribution is 6.61. The first-order valence-electron chi connectivity index (χ1n) is 5.63. The molecule has 0 amide bonds. The molecule has 0 radical (unpaired) electrons. The number of hydrogen-bond acceptors (Lipinski definition) is 1. The molecular weight excluding hydrogens is 280 g/mol. The van der Waals surface area contributed by atoms with Gasteiger partial charge in [0.15, 0.2) is 0 Å². The lowest BCUT2D eigenvalue weighted by Crippen LogP contribution is -2.61. The van der Waals surface area contributed by atoms with Crippen molar-refractivity contribution in [1.82, 2.24) is 0 Å². The summed E-state index contributed by atoms with van der Waals surface area (Å²) in [6, 6.07) is 11.5. The van der Waals surface area contributed by atoms with Crippen molar-refractivity contribution in [3.8, 4) is 11.1 Å². The van der Waals surface area contributed by atoms with Gasteiger partial charge in [-0.15, -0.1) is 0 Å². The molecule has 20 heavy (non-hydrogen) atoms. The predicted molar refractivity (Wildman–Crippen MR) is 62.7 cm³/mol. The van der Waals surface area contributed by atoms with Gasteiger partial charge in [-0.05, 0) is 16.4 Å². The zero-order valence-electron chi connectivity index (χ0n) is 10.0. The largest absolute Gasteiger partial charge is 0.658 e. The van der Waals surface area contributed by atoms with E-state index in [0.29, 0.717) is 15.9 Å². The van der Waals surface area contributed by atoms with E-state index < -0.39 is 13.0 Å². The highest BCUT2D eigenvalue weighted by atomic mass is 19.4. The number of aromatic nitrogens is 1. The molecule has 0 unspecified atom stereocenters. The van der Waals surface area contributed by atoms with E-state index in [1.54, 1.807) is 36.4 Å². The van der Waals surface area contributed by atoms with Gasteiger partial charge in [-0.3, -0.25) is 0 Å². The van der Waals surface area contributed by atoms with Crippen molar-refractivity contribution in [2.24, 2.45) is 0 Å². The van der Waals surface area contributed by atoms with E-state index in [2.05, 4.69) is 4.76 Å². The van der Waals surface area contributed by atoms with Crippen molar-refractivity contribution in [2.75, 3.05) is 0 Å². The molecule has 0 bridgehead atoms. The van der Waals surface area contributed by atoms with Crippen molar-refractivity contribution >= 4 is 6.90 Å². The molecule has 106 valence electrons. The summed E-state index contributed by atoms with van der Waals surface area (Å²) < 4.78 is 66.1. The first kappa shape index (κ1) is 14.3. The monoisotopic (exact) mass is 289 g/mol. The van der Waals surface area contributed by atoms with Crippen LogP contribution in [-0.2, 0) is 0 Å². The summed E-state index contributed by atoms with van der Waals surface area (Å²) in [4.78, 5) is 0. The van der Waals surface area contributed by atoms with Gasteiger partial charge in [0.25, 0.3) is 0 Å². The van der Waals surface area contributed by atoms with Gasteiger partial charge in [0.05, 0.1) is 5.56 Å². The van der Waals surface area contributed by atoms with Crippen LogP contribution in [-0.4, -0.2) is 13.0 Å². The Bertz CT molecular complexity index is 588. The lowest BCUT2D eigenvalue weighted by Gasteiger charge is -2.22. The number of halogens is 5. The Hall–Kier alpha value is -2.12. The van der Waals surface area contributed by atoms with Crippen LogP contribution in [0.5, 0.6) is 0 Å². The SMILES string of the molecule is F[B-](F)(O[n+]1cccc(-c2ccccc2)c1)C(F)(F)F. The number of pyridine rings is 1. The first-order chi connectivity index (χ1) is 9.29. The molecule has 1 aromatic carbocycles. The predicted octanol–water partition coefficient (Wildman–Crippen LogP) is 3.05. The normalized spacial score (nSPS) is 12.2. The molecule has 1 aromatic heterocycles. The summed E-state index contributed by atoms with van der Waals surface area (Å²) in [5, 5.41) is 0. The fraction of sp³-hybridized carbons (Fsp3) is 0.0833. The summed E-state index contributed by atoms with van der Waals surface area (Å²) in [5.74, 6) is 0. The molecule has 0 saturated heterocycles. The molecule has 1 heterocycles. The maximum absolute atomic E-state index is 12.8. The van der Waals surface area contributed by atoms with Gasteiger partial charge in [-0.1, -0.05) is 30.3 Å². The summed E-state index contributed by atoms with van der Waals surface area (Å²) in [6.07, 6.45) is -3.67. The fourth-order valence-corrected chi connectivity index (χ4v) is 1.53. The van der Waals surface area contributed by atoms with E-state index >= 15 is 0 Å². The van der Waals surface area contributed by atoms with Crippen molar-refractivity contribution in [3.63, 3.8) is 0 Å². The third kappa shape index (κ3) is 3.07. The number of nitrogens with zero attached hydrogens (tertiary/aromatic N) is 1. The van der Waals surface area contributed by atoms with Crippen LogP contribution < -0.4 is 9.49 Å². The maximum Gasteiger partial charge on any atom is 0.658 e. The van der Waals surface area contributed by atoms with E-state index in [1.807, 2.05) is 0 Å². The molecule has 0 aliphatic carbocycles. The van der Waals surface area contributed by atoms with E-state index in [4.69, 9.17) is 0 Å². The van der Waals surface area contributed by atoms with E-state index in [0.717, 1.165) is 12.4 Å². The molecule has 0 aliphatic heterocycles. The third-order valence-corrected chi connectivity index (χ3v) is 2.52. The van der Waals surface area contributed by atoms with Crippen molar-refractivity contribution in [2.45, 2.75) is 6.08 Å². The summed E-state index contributed by atoms with van der Waals surface area (Å²) in [5.41, 5.74) is 1.13. The van der Waals surface area contributed by atoms with Crippen LogP contribution in [0.25, 0.3) is 11.1 Å². The number of alkyl halides is 3. The molecule has 2 rings (SSSR count). The molecule has 0 aliphatic rings. The second-order valence-corrected chi connectivity index (χ2v) is 4.06. The average Bonchev–Trinajstić information content (AvgIpc) is 2.38. The Morgan fingerprint density at radius 3 is 2.10 bits per heavy atom. The van der Waals surface area contributed by atoms with Gasteiger partial charge in [0, 0.05) is 6.07 Å². The van der Waals surface area contributed by atoms with E-state index in [9.17, 15) is 21.8 Å². The summed E-state index contributed by atoms with van der Waals surface area (Å²) in [7, 11) is 0. The van der Waals surface area contributed by atoms with Gasteiger partial charge in [0.2, 0.25) is 12.4 Å². The van der Waals surface area contributed by atoms with E-state index in [-0.39, 0.29) is 0 Å². The highest BCUT2D eigenvalue weighted by Crippen LogP contribution is 2.29. The van der Waals surface area contributed by atoms with Gasteiger partial charge in [-0.25, -0.2) is 13.2 Å². The minimum Gasteiger partial charge on any atom is -0.432 e. The molecule has 0 N–H and O–H groups in total. The molecule has 0 atom stereocenters. The number of rotatable bonds is 3. The molecule has 2 aromatic rings. The van der Waals surface area contributed by atoms with Crippen LogP contribution >= 0.6 is 0 Å². The molecule has 0 spiro atoms. The lowest BCUT2D eigenvalue weighted by molar-refractivity contribution is -0.867. The second-order valence-electron chi connectivity index (χ2n) is 4.06. The van der Waals surface area contributed by atoms with Gasteiger partial charge < -0.3 is 13.4 Å². The zero-order chi connectivity index (χ0) is 14.8. The Kier molecular flexibility index (Phi) is 3.65. The molecule has 0 fully saturated rings. The van der Waals surface area contributed by atoms with Gasteiger partial charge in [-0.2, -0.15) is 0 Å². The average molecular weight is 289 g/mol. The fourth-order valence-electron chi connectivity index (χ4n) is 1.53. The van der Waals surface area contributed by atoms with Crippen LogP contribution in [0.3, 0.4) is 0 Å². The van der Waals surface area contributed by atoms with Crippen molar-refractivity contribution in [3.05, 3.63) is 54.9 Å². The van der Waals surface area contributed by atoms with Crippen molar-refractivity contribution in [1.29, 1.82) is 0 Å². The van der Waals surface area contributed by atoms with Gasteiger partial charge in [0.1, 0.15) is 0 Å². The minimum atomic E-state index is -5.95. The van der Waals surface area contributed by atoms with Crippen LogP contribution in [0, 0.1) is 0 Å². The van der Waals surface area contributed by atoms with Crippen LogP contribution in [0.1, 0.15) is 0 Å². The topological polar surface area (TPSA) is 13.1 Å². The number of benzene rings is 1. The van der Waals surface area contributed by atoms with Crippen LogP contribution in [0.2, 0.25) is 0 Å². The van der Waals surface area contributed by atoms with Crippen LogP contribution in [0.4, 0.5) is 21.8 Å². The van der Waals surface area contributed by atoms with Gasteiger partial charge >= 0.3 is 13.0 Å². The zero-order valence-corrected chi connectivity index (χ0v) is 10.0. The van der Waals surface area contributed by atoms with E-state index in [1.165, 1.54) is 6.07 Å². The molecule has 8 heteroatoms. The maximum atomic E-state index is 12.8. The second kappa shape index (κ2) is 5.11. The molecular formula is C12H9BF5NO. The minimum absolute atomic E-state index is 0.371.